The second-order valence-electron chi connectivity index (χ2n) is 6.90. The SMILES string of the molecule is COc1ccc(S(=O)(=O)N(C)c2cccc(C(=O)N3CCCCCC3)c2)cc1. The number of methoxy groups -OCH3 is 1. The minimum absolute atomic E-state index is 0.0426. The highest BCUT2D eigenvalue weighted by molar-refractivity contribution is 7.92. The van der Waals surface area contributed by atoms with Gasteiger partial charge in [-0.05, 0) is 55.3 Å². The van der Waals surface area contributed by atoms with Crippen molar-refractivity contribution in [2.24, 2.45) is 0 Å². The molecule has 6 nitrogen and oxygen atoms in total. The second-order valence-corrected chi connectivity index (χ2v) is 8.87. The van der Waals surface area contributed by atoms with Gasteiger partial charge in [-0.2, -0.15) is 0 Å². The molecule has 1 amide bonds. The molecule has 1 aliphatic rings. The summed E-state index contributed by atoms with van der Waals surface area (Å²) in [6.45, 7) is 1.51. The topological polar surface area (TPSA) is 66.9 Å². The molecule has 0 N–H and O–H groups in total. The molecular weight excluding hydrogens is 376 g/mol. The van der Waals surface area contributed by atoms with Gasteiger partial charge in [-0.1, -0.05) is 18.9 Å². The lowest BCUT2D eigenvalue weighted by Gasteiger charge is -2.23. The molecule has 0 spiro atoms. The van der Waals surface area contributed by atoms with Crippen LogP contribution in [0.4, 0.5) is 5.69 Å². The van der Waals surface area contributed by atoms with Crippen LogP contribution in [0, 0.1) is 0 Å². The highest BCUT2D eigenvalue weighted by Crippen LogP contribution is 2.25. The number of sulfonamides is 1. The van der Waals surface area contributed by atoms with Crippen molar-refractivity contribution in [3.8, 4) is 5.75 Å². The van der Waals surface area contributed by atoms with E-state index in [2.05, 4.69) is 0 Å². The van der Waals surface area contributed by atoms with E-state index >= 15 is 0 Å². The molecule has 0 atom stereocenters. The number of hydrogen-bond acceptors (Lipinski definition) is 4. The quantitative estimate of drug-likeness (QED) is 0.767. The Balaban J connectivity index is 1.84. The highest BCUT2D eigenvalue weighted by atomic mass is 32.2. The first-order valence-electron chi connectivity index (χ1n) is 9.46. The zero-order valence-electron chi connectivity index (χ0n) is 16.3. The van der Waals surface area contributed by atoms with E-state index in [0.29, 0.717) is 17.0 Å². The molecule has 7 heteroatoms. The van der Waals surface area contributed by atoms with E-state index in [1.54, 1.807) is 36.4 Å². The Morgan fingerprint density at radius 3 is 2.25 bits per heavy atom. The predicted molar refractivity (Wildman–Crippen MR) is 109 cm³/mol. The summed E-state index contributed by atoms with van der Waals surface area (Å²) in [4.78, 5) is 14.9. The molecule has 1 fully saturated rings. The van der Waals surface area contributed by atoms with Crippen LogP contribution >= 0.6 is 0 Å². The molecule has 2 aromatic rings. The van der Waals surface area contributed by atoms with Crippen molar-refractivity contribution >= 4 is 21.6 Å². The molecule has 1 heterocycles. The first-order chi connectivity index (χ1) is 13.4. The van der Waals surface area contributed by atoms with Gasteiger partial charge in [0.1, 0.15) is 5.75 Å². The average molecular weight is 403 g/mol. The average Bonchev–Trinajstić information content (AvgIpc) is 3.02. The lowest BCUT2D eigenvalue weighted by molar-refractivity contribution is 0.0761. The van der Waals surface area contributed by atoms with Gasteiger partial charge in [0.2, 0.25) is 0 Å². The van der Waals surface area contributed by atoms with Gasteiger partial charge in [-0.25, -0.2) is 8.42 Å². The van der Waals surface area contributed by atoms with E-state index in [-0.39, 0.29) is 10.8 Å². The molecule has 2 aromatic carbocycles. The lowest BCUT2D eigenvalue weighted by Crippen LogP contribution is -2.32. The largest absolute Gasteiger partial charge is 0.497 e. The number of anilines is 1. The van der Waals surface area contributed by atoms with Crippen LogP contribution in [0.1, 0.15) is 36.0 Å². The molecule has 0 unspecified atom stereocenters. The molecule has 1 aliphatic heterocycles. The van der Waals surface area contributed by atoms with Gasteiger partial charge in [0.15, 0.2) is 0 Å². The number of likely N-dealkylation sites (tertiary alicyclic amines) is 1. The molecule has 0 aromatic heterocycles. The van der Waals surface area contributed by atoms with Gasteiger partial charge >= 0.3 is 0 Å². The lowest BCUT2D eigenvalue weighted by atomic mass is 10.1. The Hall–Kier alpha value is -2.54. The summed E-state index contributed by atoms with van der Waals surface area (Å²) < 4.78 is 32.2. The van der Waals surface area contributed by atoms with Gasteiger partial charge < -0.3 is 9.64 Å². The minimum Gasteiger partial charge on any atom is -0.497 e. The van der Waals surface area contributed by atoms with Gasteiger partial charge in [-0.15, -0.1) is 0 Å². The summed E-state index contributed by atoms with van der Waals surface area (Å²) in [7, 11) is -0.712. The van der Waals surface area contributed by atoms with Crippen LogP contribution in [0.5, 0.6) is 5.75 Å². The van der Waals surface area contributed by atoms with Crippen LogP contribution < -0.4 is 9.04 Å². The van der Waals surface area contributed by atoms with Crippen LogP contribution in [0.2, 0.25) is 0 Å². The van der Waals surface area contributed by atoms with E-state index in [1.165, 1.54) is 30.6 Å². The molecular formula is C21H26N2O4S. The standard InChI is InChI=1S/C21H26N2O4S/c1-22(28(25,26)20-12-10-19(27-2)11-13-20)18-9-7-8-17(16-18)21(24)23-14-5-3-4-6-15-23/h7-13,16H,3-6,14-15H2,1-2H3. The Labute approximate surface area is 166 Å². The van der Waals surface area contributed by atoms with Gasteiger partial charge in [0.25, 0.3) is 15.9 Å². The van der Waals surface area contributed by atoms with Crippen LogP contribution in [-0.2, 0) is 10.0 Å². The maximum Gasteiger partial charge on any atom is 0.264 e. The van der Waals surface area contributed by atoms with E-state index < -0.39 is 10.0 Å². The first-order valence-corrected chi connectivity index (χ1v) is 10.9. The third kappa shape index (κ3) is 4.30. The van der Waals surface area contributed by atoms with E-state index in [0.717, 1.165) is 38.8 Å². The van der Waals surface area contributed by atoms with Crippen molar-refractivity contribution in [3.05, 3.63) is 54.1 Å². The normalized spacial score (nSPS) is 15.0. The van der Waals surface area contributed by atoms with Gasteiger partial charge in [-0.3, -0.25) is 9.10 Å². The third-order valence-electron chi connectivity index (χ3n) is 5.07. The molecule has 3 rings (SSSR count). The number of ether oxygens (including phenoxy) is 1. The Kier molecular flexibility index (Phi) is 6.24. The fraction of sp³-hybridized carbons (Fsp3) is 0.381. The molecule has 0 aliphatic carbocycles. The number of carbonyl (C=O) groups is 1. The first kappa shape index (κ1) is 20.2. The Bertz CT molecular complexity index is 918. The van der Waals surface area contributed by atoms with Crippen molar-refractivity contribution in [1.82, 2.24) is 4.90 Å². The van der Waals surface area contributed by atoms with Gasteiger partial charge in [0.05, 0.1) is 17.7 Å². The second kappa shape index (κ2) is 8.65. The van der Waals surface area contributed by atoms with E-state index in [9.17, 15) is 13.2 Å². The maximum atomic E-state index is 13.0. The van der Waals surface area contributed by atoms with Crippen LogP contribution in [0.15, 0.2) is 53.4 Å². The van der Waals surface area contributed by atoms with Crippen LogP contribution in [0.25, 0.3) is 0 Å². The molecule has 0 radical (unpaired) electrons. The number of hydrogen-bond donors (Lipinski definition) is 0. The minimum atomic E-state index is -3.74. The number of carbonyl (C=O) groups excluding carboxylic acids is 1. The fourth-order valence-corrected chi connectivity index (χ4v) is 4.52. The van der Waals surface area contributed by atoms with Crippen molar-refractivity contribution in [2.75, 3.05) is 31.6 Å². The summed E-state index contributed by atoms with van der Waals surface area (Å²) in [5, 5.41) is 0. The Morgan fingerprint density at radius 1 is 1.00 bits per heavy atom. The Morgan fingerprint density at radius 2 is 1.64 bits per heavy atom. The van der Waals surface area contributed by atoms with Crippen molar-refractivity contribution in [2.45, 2.75) is 30.6 Å². The number of rotatable bonds is 5. The van der Waals surface area contributed by atoms with Crippen molar-refractivity contribution in [3.63, 3.8) is 0 Å². The smallest absolute Gasteiger partial charge is 0.264 e. The number of amides is 1. The van der Waals surface area contributed by atoms with Crippen molar-refractivity contribution < 1.29 is 17.9 Å². The summed E-state index contributed by atoms with van der Waals surface area (Å²) in [6.07, 6.45) is 4.31. The van der Waals surface area contributed by atoms with E-state index in [4.69, 9.17) is 4.74 Å². The number of nitrogens with zero attached hydrogens (tertiary/aromatic N) is 2. The summed E-state index contributed by atoms with van der Waals surface area (Å²) in [5.74, 6) is 0.547. The highest BCUT2D eigenvalue weighted by Gasteiger charge is 2.23. The zero-order valence-corrected chi connectivity index (χ0v) is 17.1. The monoisotopic (exact) mass is 402 g/mol. The fourth-order valence-electron chi connectivity index (χ4n) is 3.34. The molecule has 0 saturated carbocycles. The number of benzene rings is 2. The molecule has 150 valence electrons. The summed E-state index contributed by atoms with van der Waals surface area (Å²) in [6, 6.07) is 13.0. The van der Waals surface area contributed by atoms with Crippen molar-refractivity contribution in [1.29, 1.82) is 0 Å². The van der Waals surface area contributed by atoms with Crippen LogP contribution in [0.3, 0.4) is 0 Å². The molecule has 1 saturated heterocycles. The summed E-state index contributed by atoms with van der Waals surface area (Å²) >= 11 is 0. The summed E-state index contributed by atoms with van der Waals surface area (Å²) in [5.41, 5.74) is 0.965. The predicted octanol–water partition coefficient (Wildman–Crippen LogP) is 3.54. The third-order valence-corrected chi connectivity index (χ3v) is 6.87. The maximum absolute atomic E-state index is 13.0. The zero-order chi connectivity index (χ0) is 20.1. The molecule has 28 heavy (non-hydrogen) atoms. The van der Waals surface area contributed by atoms with Gasteiger partial charge in [0, 0.05) is 25.7 Å². The van der Waals surface area contributed by atoms with Crippen LogP contribution in [-0.4, -0.2) is 46.5 Å². The molecule has 0 bridgehead atoms. The van der Waals surface area contributed by atoms with E-state index in [1.807, 2.05) is 4.90 Å².